The van der Waals surface area contributed by atoms with Crippen LogP contribution in [-0.2, 0) is 9.84 Å². The van der Waals surface area contributed by atoms with Crippen LogP contribution in [0.1, 0.15) is 12.8 Å². The smallest absolute Gasteiger partial charge is 0.169 e. The molecule has 13 heavy (non-hydrogen) atoms. The molecule has 0 radical (unpaired) electrons. The molecule has 0 saturated carbocycles. The summed E-state index contributed by atoms with van der Waals surface area (Å²) < 4.78 is 23.0. The average molecular weight is 200 g/mol. The van der Waals surface area contributed by atoms with E-state index in [0.717, 1.165) is 19.4 Å². The lowest BCUT2D eigenvalue weighted by atomic mass is 10.2. The predicted molar refractivity (Wildman–Crippen MR) is 47.8 cm³/mol. The number of rotatable bonds is 0. The van der Waals surface area contributed by atoms with E-state index in [0.29, 0.717) is 6.54 Å². The Balaban J connectivity index is 2.24. The van der Waals surface area contributed by atoms with Gasteiger partial charge < -0.3 is 0 Å². The van der Waals surface area contributed by atoms with E-state index in [2.05, 4.69) is 4.90 Å². The molecule has 0 N–H and O–H groups in total. The van der Waals surface area contributed by atoms with Gasteiger partial charge in [0.1, 0.15) is 0 Å². The Kier molecular flexibility index (Phi) is 2.05. The van der Waals surface area contributed by atoms with Crippen LogP contribution in [0.3, 0.4) is 0 Å². The maximum absolute atomic E-state index is 11.5. The fourth-order valence-electron chi connectivity index (χ4n) is 2.16. The predicted octanol–water partition coefficient (Wildman–Crippen LogP) is -0.229. The first-order valence-electron chi connectivity index (χ1n) is 4.49. The third-order valence-corrected chi connectivity index (χ3v) is 4.87. The normalized spacial score (nSPS) is 38.1. The molecule has 5 heteroatoms. The van der Waals surface area contributed by atoms with Crippen LogP contribution in [0.4, 0.5) is 0 Å². The van der Waals surface area contributed by atoms with Crippen LogP contribution in [-0.4, -0.2) is 43.5 Å². The van der Waals surface area contributed by atoms with Crippen molar-refractivity contribution in [3.05, 3.63) is 0 Å². The van der Waals surface area contributed by atoms with Crippen molar-refractivity contribution < 1.29 is 8.42 Å². The van der Waals surface area contributed by atoms with Crippen LogP contribution in [0.5, 0.6) is 0 Å². The summed E-state index contributed by atoms with van der Waals surface area (Å²) >= 11 is 0. The first-order valence-corrected chi connectivity index (χ1v) is 6.20. The van der Waals surface area contributed by atoms with Gasteiger partial charge in [0.25, 0.3) is 0 Å². The standard InChI is InChI=1S/C8H12N2O2S/c9-4-8-5-10-3-1-2-7(10)6-13(8,11)12/h7-8H,1-3,5-6H2. The van der Waals surface area contributed by atoms with E-state index in [1.165, 1.54) is 0 Å². The zero-order valence-corrected chi connectivity index (χ0v) is 8.13. The van der Waals surface area contributed by atoms with Crippen molar-refractivity contribution in [3.8, 4) is 6.07 Å². The molecule has 2 aliphatic rings. The maximum atomic E-state index is 11.5. The van der Waals surface area contributed by atoms with Gasteiger partial charge in [-0.05, 0) is 19.4 Å². The van der Waals surface area contributed by atoms with E-state index in [1.807, 2.05) is 6.07 Å². The lowest BCUT2D eigenvalue weighted by Crippen LogP contribution is -2.49. The molecule has 2 atom stereocenters. The Hall–Kier alpha value is -0.600. The van der Waals surface area contributed by atoms with Crippen molar-refractivity contribution >= 4 is 9.84 Å². The molecule has 0 aromatic carbocycles. The second kappa shape index (κ2) is 2.96. The third kappa shape index (κ3) is 1.45. The number of nitriles is 1. The van der Waals surface area contributed by atoms with E-state index in [4.69, 9.17) is 5.26 Å². The summed E-state index contributed by atoms with van der Waals surface area (Å²) in [5.41, 5.74) is 0. The number of fused-ring (bicyclic) bond motifs is 1. The van der Waals surface area contributed by atoms with Crippen LogP contribution in [0.2, 0.25) is 0 Å². The monoisotopic (exact) mass is 200 g/mol. The lowest BCUT2D eigenvalue weighted by molar-refractivity contribution is 0.264. The Labute approximate surface area is 78.1 Å². The summed E-state index contributed by atoms with van der Waals surface area (Å²) in [7, 11) is -3.13. The van der Waals surface area contributed by atoms with Crippen LogP contribution >= 0.6 is 0 Å². The SMILES string of the molecule is N#CC1CN2CCCC2CS1(=O)=O. The molecule has 2 aliphatic heterocycles. The van der Waals surface area contributed by atoms with Gasteiger partial charge in [-0.25, -0.2) is 8.42 Å². The van der Waals surface area contributed by atoms with Gasteiger partial charge in [0, 0.05) is 12.6 Å². The fourth-order valence-corrected chi connectivity index (χ4v) is 3.88. The van der Waals surface area contributed by atoms with Crippen molar-refractivity contribution in [2.24, 2.45) is 0 Å². The third-order valence-electron chi connectivity index (χ3n) is 2.90. The van der Waals surface area contributed by atoms with E-state index in [-0.39, 0.29) is 11.8 Å². The zero-order chi connectivity index (χ0) is 9.47. The van der Waals surface area contributed by atoms with E-state index in [1.54, 1.807) is 0 Å². The molecule has 0 aromatic heterocycles. The molecule has 0 aromatic rings. The number of sulfone groups is 1. The van der Waals surface area contributed by atoms with Crippen molar-refractivity contribution in [2.75, 3.05) is 18.8 Å². The Morgan fingerprint density at radius 1 is 1.46 bits per heavy atom. The molecule has 2 unspecified atom stereocenters. The fraction of sp³-hybridized carbons (Fsp3) is 0.875. The van der Waals surface area contributed by atoms with Crippen LogP contribution in [0.15, 0.2) is 0 Å². The van der Waals surface area contributed by atoms with Crippen LogP contribution < -0.4 is 0 Å². The van der Waals surface area contributed by atoms with Gasteiger partial charge >= 0.3 is 0 Å². The number of hydrogen-bond donors (Lipinski definition) is 0. The van der Waals surface area contributed by atoms with E-state index < -0.39 is 15.1 Å². The summed E-state index contributed by atoms with van der Waals surface area (Å²) in [5, 5.41) is 7.90. The van der Waals surface area contributed by atoms with Gasteiger partial charge in [0.2, 0.25) is 0 Å². The highest BCUT2D eigenvalue weighted by Gasteiger charge is 2.40. The van der Waals surface area contributed by atoms with Crippen LogP contribution in [0.25, 0.3) is 0 Å². The number of hydrogen-bond acceptors (Lipinski definition) is 4. The largest absolute Gasteiger partial charge is 0.297 e. The minimum Gasteiger partial charge on any atom is -0.297 e. The molecule has 2 heterocycles. The minimum atomic E-state index is -3.13. The topological polar surface area (TPSA) is 61.2 Å². The van der Waals surface area contributed by atoms with Crippen molar-refractivity contribution in [2.45, 2.75) is 24.1 Å². The summed E-state index contributed by atoms with van der Waals surface area (Å²) in [6.07, 6.45) is 2.04. The summed E-state index contributed by atoms with van der Waals surface area (Å²) in [6, 6.07) is 2.07. The van der Waals surface area contributed by atoms with Gasteiger partial charge in [0.15, 0.2) is 15.1 Å². The maximum Gasteiger partial charge on any atom is 0.169 e. The molecule has 4 nitrogen and oxygen atoms in total. The molecular formula is C8H12N2O2S. The molecule has 2 fully saturated rings. The molecule has 2 saturated heterocycles. The van der Waals surface area contributed by atoms with Gasteiger partial charge in [-0.3, -0.25) is 4.90 Å². The summed E-state index contributed by atoms with van der Waals surface area (Å²) in [4.78, 5) is 2.13. The minimum absolute atomic E-state index is 0.186. The molecule has 2 rings (SSSR count). The Morgan fingerprint density at radius 2 is 2.23 bits per heavy atom. The second-order valence-electron chi connectivity index (χ2n) is 3.74. The second-order valence-corrected chi connectivity index (χ2v) is 5.97. The summed E-state index contributed by atoms with van der Waals surface area (Å²) in [5.74, 6) is 0.186. The van der Waals surface area contributed by atoms with Gasteiger partial charge in [-0.2, -0.15) is 5.26 Å². The van der Waals surface area contributed by atoms with Gasteiger partial charge in [-0.1, -0.05) is 0 Å². The lowest BCUT2D eigenvalue weighted by Gasteiger charge is -2.31. The Morgan fingerprint density at radius 3 is 2.92 bits per heavy atom. The molecule has 72 valence electrons. The molecule has 0 aliphatic carbocycles. The molecule has 0 spiro atoms. The molecule has 0 amide bonds. The molecule has 0 bridgehead atoms. The highest BCUT2D eigenvalue weighted by atomic mass is 32.2. The van der Waals surface area contributed by atoms with Crippen LogP contribution in [0, 0.1) is 11.3 Å². The Bertz CT molecular complexity index is 344. The van der Waals surface area contributed by atoms with Crippen molar-refractivity contribution in [1.82, 2.24) is 4.90 Å². The average Bonchev–Trinajstić information content (AvgIpc) is 2.47. The van der Waals surface area contributed by atoms with Gasteiger partial charge in [0.05, 0.1) is 11.8 Å². The van der Waals surface area contributed by atoms with Crippen molar-refractivity contribution in [3.63, 3.8) is 0 Å². The first-order chi connectivity index (χ1) is 6.13. The summed E-state index contributed by atoms with van der Waals surface area (Å²) in [6.45, 7) is 1.38. The molecular weight excluding hydrogens is 188 g/mol. The van der Waals surface area contributed by atoms with E-state index in [9.17, 15) is 8.42 Å². The zero-order valence-electron chi connectivity index (χ0n) is 7.31. The quantitative estimate of drug-likeness (QED) is 0.542. The van der Waals surface area contributed by atoms with Crippen molar-refractivity contribution in [1.29, 1.82) is 5.26 Å². The highest BCUT2D eigenvalue weighted by Crippen LogP contribution is 2.25. The van der Waals surface area contributed by atoms with Gasteiger partial charge in [-0.15, -0.1) is 0 Å². The van der Waals surface area contributed by atoms with E-state index >= 15 is 0 Å². The number of nitrogens with zero attached hydrogens (tertiary/aromatic N) is 2. The highest BCUT2D eigenvalue weighted by molar-refractivity contribution is 7.92. The first kappa shape index (κ1) is 8.97.